The summed E-state index contributed by atoms with van der Waals surface area (Å²) < 4.78 is 18.7. The SMILES string of the molecule is C#CC.C/C=C(\C=C(\CC)CF)CNCc1cc(C(=O)NCc2ccc3c(c2)OCCN3C)ncn1. The number of allylic oxidation sites excluding steroid dienone is 2. The number of hydrogen-bond acceptors (Lipinski definition) is 6. The van der Waals surface area contributed by atoms with Gasteiger partial charge in [0.1, 0.15) is 31.1 Å². The number of hydrogen-bond donors (Lipinski definition) is 2. The van der Waals surface area contributed by atoms with Crippen LogP contribution < -0.4 is 20.3 Å². The number of likely N-dealkylation sites (N-methyl/N-ethyl adjacent to an activating group) is 1. The van der Waals surface area contributed by atoms with Crippen LogP contribution in [-0.4, -0.2) is 49.3 Å². The Hall–Kier alpha value is -3.70. The molecule has 36 heavy (non-hydrogen) atoms. The minimum absolute atomic E-state index is 0.262. The van der Waals surface area contributed by atoms with E-state index in [9.17, 15) is 9.18 Å². The molecule has 2 heterocycles. The number of benzene rings is 1. The molecule has 2 aromatic rings. The Labute approximate surface area is 213 Å². The van der Waals surface area contributed by atoms with E-state index in [4.69, 9.17) is 4.74 Å². The van der Waals surface area contributed by atoms with Gasteiger partial charge in [0.2, 0.25) is 0 Å². The van der Waals surface area contributed by atoms with Gasteiger partial charge in [-0.15, -0.1) is 12.3 Å². The summed E-state index contributed by atoms with van der Waals surface area (Å²) in [6.45, 7) is 8.03. The molecular weight excluding hydrogens is 457 g/mol. The van der Waals surface area contributed by atoms with Crippen LogP contribution in [0, 0.1) is 12.3 Å². The van der Waals surface area contributed by atoms with Crippen LogP contribution in [0.2, 0.25) is 0 Å². The fraction of sp³-hybridized carbons (Fsp3) is 0.393. The topological polar surface area (TPSA) is 79.4 Å². The zero-order valence-electron chi connectivity index (χ0n) is 21.6. The van der Waals surface area contributed by atoms with Crippen LogP contribution >= 0.6 is 0 Å². The van der Waals surface area contributed by atoms with Gasteiger partial charge in [-0.1, -0.05) is 25.1 Å². The monoisotopic (exact) mass is 493 g/mol. The van der Waals surface area contributed by atoms with Crippen molar-refractivity contribution in [1.82, 2.24) is 20.6 Å². The number of terminal acetylenes is 1. The molecule has 0 atom stereocenters. The van der Waals surface area contributed by atoms with Gasteiger partial charge >= 0.3 is 0 Å². The molecule has 0 saturated carbocycles. The van der Waals surface area contributed by atoms with E-state index < -0.39 is 6.67 Å². The van der Waals surface area contributed by atoms with E-state index in [1.165, 1.54) is 6.33 Å². The Morgan fingerprint density at radius 3 is 2.78 bits per heavy atom. The summed E-state index contributed by atoms with van der Waals surface area (Å²) in [4.78, 5) is 23.1. The van der Waals surface area contributed by atoms with E-state index in [1.807, 2.05) is 51.2 Å². The number of amides is 1. The highest BCUT2D eigenvalue weighted by atomic mass is 19.1. The molecular formula is C28H36FN5O2. The van der Waals surface area contributed by atoms with Crippen LogP contribution in [0.1, 0.15) is 48.9 Å². The van der Waals surface area contributed by atoms with E-state index in [-0.39, 0.29) is 5.91 Å². The standard InChI is InChI=1S/C25H32FN5O2.C3H4/c1-4-18(13-26)10-19(5-2)14-27-16-21-12-22(30-17-29-21)25(32)28-15-20-6-7-23-24(11-20)33-9-8-31(23)3;1-3-2/h5-7,10-12,17,27H,4,8-9,13-16H2,1-3H3,(H,28,32);1H,2H3/b18-10-,19-5+;. The van der Waals surface area contributed by atoms with Gasteiger partial charge in [0.25, 0.3) is 5.91 Å². The van der Waals surface area contributed by atoms with Crippen molar-refractivity contribution in [3.8, 4) is 18.1 Å². The maximum absolute atomic E-state index is 12.9. The van der Waals surface area contributed by atoms with Crippen molar-refractivity contribution in [3.05, 3.63) is 70.8 Å². The van der Waals surface area contributed by atoms with Gasteiger partial charge in [0.15, 0.2) is 0 Å². The van der Waals surface area contributed by atoms with Gasteiger partial charge in [0.05, 0.1) is 17.9 Å². The minimum atomic E-state index is -0.437. The largest absolute Gasteiger partial charge is 0.490 e. The van der Waals surface area contributed by atoms with Gasteiger partial charge in [-0.2, -0.15) is 0 Å². The van der Waals surface area contributed by atoms with Crippen LogP contribution in [0.25, 0.3) is 0 Å². The van der Waals surface area contributed by atoms with Crippen LogP contribution in [0.4, 0.5) is 10.1 Å². The number of anilines is 1. The second kappa shape index (κ2) is 15.3. The van der Waals surface area contributed by atoms with Crippen LogP contribution in [0.15, 0.2) is 53.9 Å². The number of alkyl halides is 1. The van der Waals surface area contributed by atoms with Crippen molar-refractivity contribution in [1.29, 1.82) is 0 Å². The summed E-state index contributed by atoms with van der Waals surface area (Å²) >= 11 is 0. The molecule has 1 aliphatic rings. The minimum Gasteiger partial charge on any atom is -0.490 e. The fourth-order valence-corrected chi connectivity index (χ4v) is 3.47. The first-order valence-electron chi connectivity index (χ1n) is 12.0. The molecule has 0 unspecified atom stereocenters. The van der Waals surface area contributed by atoms with Crippen LogP contribution in [0.3, 0.4) is 0 Å². The van der Waals surface area contributed by atoms with Gasteiger partial charge in [-0.3, -0.25) is 4.79 Å². The molecule has 1 aliphatic heterocycles. The van der Waals surface area contributed by atoms with Crippen molar-refractivity contribution in [2.75, 3.05) is 38.3 Å². The quantitative estimate of drug-likeness (QED) is 0.381. The van der Waals surface area contributed by atoms with Crippen LogP contribution in [-0.2, 0) is 13.1 Å². The van der Waals surface area contributed by atoms with Crippen molar-refractivity contribution in [3.63, 3.8) is 0 Å². The highest BCUT2D eigenvalue weighted by Crippen LogP contribution is 2.31. The van der Waals surface area contributed by atoms with E-state index >= 15 is 0 Å². The molecule has 8 heteroatoms. The van der Waals surface area contributed by atoms with Crippen molar-refractivity contribution in [2.24, 2.45) is 0 Å². The summed E-state index contributed by atoms with van der Waals surface area (Å²) in [5.41, 5.74) is 4.81. The zero-order chi connectivity index (χ0) is 26.3. The molecule has 192 valence electrons. The normalized spacial score (nSPS) is 13.1. The van der Waals surface area contributed by atoms with Gasteiger partial charge < -0.3 is 20.3 Å². The predicted molar refractivity (Wildman–Crippen MR) is 143 cm³/mol. The highest BCUT2D eigenvalue weighted by Gasteiger charge is 2.15. The molecule has 3 rings (SSSR count). The Kier molecular flexibility index (Phi) is 12.1. The molecule has 1 aromatic carbocycles. The van der Waals surface area contributed by atoms with Gasteiger partial charge in [-0.05, 0) is 55.2 Å². The fourth-order valence-electron chi connectivity index (χ4n) is 3.47. The van der Waals surface area contributed by atoms with Crippen molar-refractivity contribution >= 4 is 11.6 Å². The molecule has 0 saturated heterocycles. The molecule has 0 spiro atoms. The third kappa shape index (κ3) is 8.82. The lowest BCUT2D eigenvalue weighted by atomic mass is 10.1. The number of nitrogens with zero attached hydrogens (tertiary/aromatic N) is 3. The number of ether oxygens (including phenoxy) is 1. The smallest absolute Gasteiger partial charge is 0.270 e. The number of halogens is 1. The number of carbonyl (C=O) groups is 1. The molecule has 7 nitrogen and oxygen atoms in total. The van der Waals surface area contributed by atoms with E-state index in [1.54, 1.807) is 13.0 Å². The first-order chi connectivity index (χ1) is 17.4. The molecule has 2 N–H and O–H groups in total. The molecule has 0 fully saturated rings. The number of fused-ring (bicyclic) bond motifs is 1. The summed E-state index contributed by atoms with van der Waals surface area (Å²) in [5.74, 6) is 2.82. The average Bonchev–Trinajstić information content (AvgIpc) is 2.90. The number of nitrogens with one attached hydrogen (secondary N) is 2. The maximum atomic E-state index is 12.9. The summed E-state index contributed by atoms with van der Waals surface area (Å²) in [7, 11) is 2.03. The second-order valence-corrected chi connectivity index (χ2v) is 8.19. The maximum Gasteiger partial charge on any atom is 0.270 e. The molecule has 0 aliphatic carbocycles. The second-order valence-electron chi connectivity index (χ2n) is 8.19. The first-order valence-corrected chi connectivity index (χ1v) is 12.0. The lowest BCUT2D eigenvalue weighted by Crippen LogP contribution is -2.29. The molecule has 0 bridgehead atoms. The zero-order valence-corrected chi connectivity index (χ0v) is 21.6. The predicted octanol–water partition coefficient (Wildman–Crippen LogP) is 4.22. The Balaban J connectivity index is 0.00000145. The lowest BCUT2D eigenvalue weighted by Gasteiger charge is -2.28. The lowest BCUT2D eigenvalue weighted by molar-refractivity contribution is 0.0945. The third-order valence-electron chi connectivity index (χ3n) is 5.55. The molecule has 0 radical (unpaired) electrons. The van der Waals surface area contributed by atoms with Gasteiger partial charge in [-0.25, -0.2) is 14.4 Å². The Morgan fingerprint density at radius 1 is 1.31 bits per heavy atom. The number of aromatic nitrogens is 2. The van der Waals surface area contributed by atoms with Gasteiger partial charge in [0, 0.05) is 26.7 Å². The molecule has 1 amide bonds. The third-order valence-corrected chi connectivity index (χ3v) is 5.55. The summed E-state index contributed by atoms with van der Waals surface area (Å²) in [5, 5.41) is 6.19. The summed E-state index contributed by atoms with van der Waals surface area (Å²) in [6.07, 6.45) is 10.5. The van der Waals surface area contributed by atoms with Crippen molar-refractivity contribution < 1.29 is 13.9 Å². The van der Waals surface area contributed by atoms with E-state index in [2.05, 4.69) is 37.8 Å². The van der Waals surface area contributed by atoms with Crippen molar-refractivity contribution in [2.45, 2.75) is 40.3 Å². The van der Waals surface area contributed by atoms with Crippen LogP contribution in [0.5, 0.6) is 5.75 Å². The molecule has 1 aromatic heterocycles. The Morgan fingerprint density at radius 2 is 2.08 bits per heavy atom. The average molecular weight is 494 g/mol. The number of rotatable bonds is 10. The van der Waals surface area contributed by atoms with E-state index in [0.29, 0.717) is 44.0 Å². The van der Waals surface area contributed by atoms with E-state index in [0.717, 1.165) is 34.7 Å². The number of carbonyl (C=O) groups excluding carboxylic acids is 1. The highest BCUT2D eigenvalue weighted by molar-refractivity contribution is 5.92. The Bertz CT molecular complexity index is 1100. The summed E-state index contributed by atoms with van der Waals surface area (Å²) in [6, 6.07) is 7.63. The first kappa shape index (κ1) is 28.5.